The Hall–Kier alpha value is 0. The zero-order chi connectivity index (χ0) is 19.8. The van der Waals surface area contributed by atoms with Gasteiger partial charge in [0.05, 0.1) is 0 Å². The van der Waals surface area contributed by atoms with Gasteiger partial charge in [-0.2, -0.15) is 0 Å². The van der Waals surface area contributed by atoms with E-state index < -0.39 is 0 Å². The predicted octanol–water partition coefficient (Wildman–Crippen LogP) is 10.3. The molecule has 0 nitrogen and oxygen atoms in total. The van der Waals surface area contributed by atoms with Crippen LogP contribution in [0.1, 0.15) is 155 Å². The number of hydrogen-bond acceptors (Lipinski definition) is 0. The molecule has 0 N–H and O–H groups in total. The molecule has 0 aromatic carbocycles. The van der Waals surface area contributed by atoms with E-state index in [1.54, 1.807) is 0 Å². The fourth-order valence-corrected chi connectivity index (χ4v) is 4.25. The summed E-state index contributed by atoms with van der Waals surface area (Å²) in [6.07, 6.45) is 32.6. The van der Waals surface area contributed by atoms with Crippen LogP contribution in [0.15, 0.2) is 0 Å². The van der Waals surface area contributed by atoms with E-state index in [0.29, 0.717) is 0 Å². The highest BCUT2D eigenvalue weighted by molar-refractivity contribution is 4.59. The van der Waals surface area contributed by atoms with Crippen molar-refractivity contribution in [2.45, 2.75) is 155 Å². The van der Waals surface area contributed by atoms with Crippen molar-refractivity contribution in [1.29, 1.82) is 0 Å². The molecule has 1 unspecified atom stereocenters. The van der Waals surface area contributed by atoms with E-state index in [0.717, 1.165) is 18.8 Å². The van der Waals surface area contributed by atoms with E-state index in [1.807, 2.05) is 0 Å². The monoisotopic (exact) mass is 378 g/mol. The van der Waals surface area contributed by atoms with Crippen LogP contribution in [-0.2, 0) is 0 Å². The Morgan fingerprint density at radius 1 is 0.407 bits per heavy atom. The summed E-state index contributed by atoms with van der Waals surface area (Å²) in [6, 6.07) is 0. The highest BCUT2D eigenvalue weighted by Crippen LogP contribution is 2.21. The third kappa shape index (κ3) is 22.2. The molecule has 0 fully saturated rings. The molecular formula is C27H54. The Balaban J connectivity index is 3.20. The van der Waals surface area contributed by atoms with Crippen LogP contribution >= 0.6 is 0 Å². The van der Waals surface area contributed by atoms with Gasteiger partial charge in [0.2, 0.25) is 0 Å². The van der Waals surface area contributed by atoms with Gasteiger partial charge in [0, 0.05) is 0 Å². The molecule has 0 aliphatic heterocycles. The lowest BCUT2D eigenvalue weighted by molar-refractivity contribution is 0.393. The lowest BCUT2D eigenvalue weighted by Crippen LogP contribution is -1.99. The SMILES string of the molecule is [CH2]CCCCCCCCCCCCCCCCC(CC)CCCCCC[CH2]. The van der Waals surface area contributed by atoms with Crippen molar-refractivity contribution in [2.75, 3.05) is 0 Å². The fraction of sp³-hybridized carbons (Fsp3) is 0.926. The van der Waals surface area contributed by atoms with E-state index in [9.17, 15) is 0 Å². The van der Waals surface area contributed by atoms with Gasteiger partial charge in [-0.05, 0) is 5.92 Å². The largest absolute Gasteiger partial charge is 0.0651 e. The Bertz CT molecular complexity index is 244. The van der Waals surface area contributed by atoms with Gasteiger partial charge < -0.3 is 0 Å². The van der Waals surface area contributed by atoms with Crippen molar-refractivity contribution in [2.24, 2.45) is 5.92 Å². The quantitative estimate of drug-likeness (QED) is 0.155. The summed E-state index contributed by atoms with van der Waals surface area (Å²) in [7, 11) is 0. The summed E-state index contributed by atoms with van der Waals surface area (Å²) < 4.78 is 0. The first-order chi connectivity index (χ1) is 13.3. The first-order valence-electron chi connectivity index (χ1n) is 12.9. The molecule has 0 aliphatic rings. The number of unbranched alkanes of at least 4 members (excludes halogenated alkanes) is 18. The third-order valence-corrected chi connectivity index (χ3v) is 6.30. The zero-order valence-corrected chi connectivity index (χ0v) is 19.3. The summed E-state index contributed by atoms with van der Waals surface area (Å²) in [6.45, 7) is 10.2. The van der Waals surface area contributed by atoms with Crippen molar-refractivity contribution in [1.82, 2.24) is 0 Å². The average Bonchev–Trinajstić information content (AvgIpc) is 2.69. The van der Waals surface area contributed by atoms with E-state index in [1.165, 1.54) is 135 Å². The molecule has 0 aliphatic carbocycles. The van der Waals surface area contributed by atoms with Crippen molar-refractivity contribution in [3.8, 4) is 0 Å². The maximum Gasteiger partial charge on any atom is -0.0417 e. The van der Waals surface area contributed by atoms with E-state index >= 15 is 0 Å². The summed E-state index contributed by atoms with van der Waals surface area (Å²) in [5, 5.41) is 0. The fourth-order valence-electron chi connectivity index (χ4n) is 4.25. The van der Waals surface area contributed by atoms with Crippen LogP contribution < -0.4 is 0 Å². The molecule has 2 radical (unpaired) electrons. The molecular weight excluding hydrogens is 324 g/mol. The summed E-state index contributed by atoms with van der Waals surface area (Å²) in [5.74, 6) is 1.00. The van der Waals surface area contributed by atoms with Crippen LogP contribution in [0.4, 0.5) is 0 Å². The van der Waals surface area contributed by atoms with E-state index in [4.69, 9.17) is 0 Å². The van der Waals surface area contributed by atoms with Crippen molar-refractivity contribution in [3.63, 3.8) is 0 Å². The smallest absolute Gasteiger partial charge is 0.0417 e. The number of rotatable bonds is 23. The second-order valence-corrected chi connectivity index (χ2v) is 8.92. The van der Waals surface area contributed by atoms with E-state index in [-0.39, 0.29) is 0 Å². The summed E-state index contributed by atoms with van der Waals surface area (Å²) >= 11 is 0. The second-order valence-electron chi connectivity index (χ2n) is 8.92. The van der Waals surface area contributed by atoms with Crippen LogP contribution in [0.25, 0.3) is 0 Å². The summed E-state index contributed by atoms with van der Waals surface area (Å²) in [4.78, 5) is 0. The van der Waals surface area contributed by atoms with Gasteiger partial charge in [-0.1, -0.05) is 168 Å². The molecule has 0 heteroatoms. The van der Waals surface area contributed by atoms with Crippen LogP contribution in [0.2, 0.25) is 0 Å². The molecule has 0 aromatic rings. The number of hydrogen-bond donors (Lipinski definition) is 0. The minimum atomic E-state index is 1.00. The molecule has 0 bridgehead atoms. The van der Waals surface area contributed by atoms with Crippen LogP contribution in [-0.4, -0.2) is 0 Å². The van der Waals surface area contributed by atoms with Gasteiger partial charge in [-0.3, -0.25) is 0 Å². The minimum Gasteiger partial charge on any atom is -0.0651 e. The van der Waals surface area contributed by atoms with Gasteiger partial charge in [0.1, 0.15) is 0 Å². The third-order valence-electron chi connectivity index (χ3n) is 6.30. The topological polar surface area (TPSA) is 0 Å². The zero-order valence-electron chi connectivity index (χ0n) is 19.3. The highest BCUT2D eigenvalue weighted by atomic mass is 14.1. The van der Waals surface area contributed by atoms with Gasteiger partial charge in [0.25, 0.3) is 0 Å². The molecule has 0 rings (SSSR count). The molecule has 0 saturated carbocycles. The van der Waals surface area contributed by atoms with Gasteiger partial charge in [-0.25, -0.2) is 0 Å². The van der Waals surface area contributed by atoms with E-state index in [2.05, 4.69) is 20.8 Å². The Kier molecular flexibility index (Phi) is 24.0. The van der Waals surface area contributed by atoms with Gasteiger partial charge in [-0.15, -0.1) is 0 Å². The van der Waals surface area contributed by atoms with Crippen molar-refractivity contribution in [3.05, 3.63) is 13.8 Å². The molecule has 0 saturated heterocycles. The summed E-state index contributed by atoms with van der Waals surface area (Å²) in [5.41, 5.74) is 0. The lowest BCUT2D eigenvalue weighted by Gasteiger charge is -2.14. The van der Waals surface area contributed by atoms with Crippen LogP contribution in [0.3, 0.4) is 0 Å². The predicted molar refractivity (Wildman–Crippen MR) is 126 cm³/mol. The van der Waals surface area contributed by atoms with Crippen LogP contribution in [0.5, 0.6) is 0 Å². The normalized spacial score (nSPS) is 12.6. The van der Waals surface area contributed by atoms with Gasteiger partial charge >= 0.3 is 0 Å². The highest BCUT2D eigenvalue weighted by Gasteiger charge is 2.05. The molecule has 162 valence electrons. The maximum absolute atomic E-state index is 3.94. The van der Waals surface area contributed by atoms with Crippen LogP contribution in [0, 0.1) is 19.8 Å². The molecule has 1 atom stereocenters. The Morgan fingerprint density at radius 3 is 0.926 bits per heavy atom. The lowest BCUT2D eigenvalue weighted by atomic mass is 9.92. The van der Waals surface area contributed by atoms with Gasteiger partial charge in [0.15, 0.2) is 0 Å². The molecule has 0 heterocycles. The van der Waals surface area contributed by atoms with Crippen molar-refractivity contribution >= 4 is 0 Å². The molecule has 0 spiro atoms. The molecule has 0 amide bonds. The average molecular weight is 379 g/mol. The standard InChI is InChI=1S/C27H54/c1-4-7-9-11-12-13-14-15-16-17-18-19-20-22-24-26-27(6-3)25-23-21-10-8-5-2/h27H,1-2,4-26H2,3H3. The first-order valence-corrected chi connectivity index (χ1v) is 12.9. The van der Waals surface area contributed by atoms with Crippen molar-refractivity contribution < 1.29 is 0 Å². The first kappa shape index (κ1) is 27.0. The maximum atomic E-state index is 3.94. The Labute approximate surface area is 174 Å². The molecule has 0 aromatic heterocycles. The Morgan fingerprint density at radius 2 is 0.667 bits per heavy atom. The minimum absolute atomic E-state index is 1.00. The second kappa shape index (κ2) is 24.0. The molecule has 27 heavy (non-hydrogen) atoms.